The van der Waals surface area contributed by atoms with Crippen LogP contribution in [0.25, 0.3) is 0 Å². The molecule has 2 saturated carbocycles. The molecule has 0 unspecified atom stereocenters. The average Bonchev–Trinajstić information content (AvgIpc) is 3.15. The number of carboxylic acid groups (broad SMARTS) is 1. The Morgan fingerprint density at radius 2 is 1.79 bits per heavy atom. The lowest BCUT2D eigenvalue weighted by Gasteiger charge is -2.22. The summed E-state index contributed by atoms with van der Waals surface area (Å²) < 4.78 is 0. The zero-order chi connectivity index (χ0) is 13.8. The zero-order valence-electron chi connectivity index (χ0n) is 11.5. The molecule has 0 saturated heterocycles. The van der Waals surface area contributed by atoms with Crippen molar-refractivity contribution < 1.29 is 14.7 Å². The van der Waals surface area contributed by atoms with Crippen molar-refractivity contribution in [3.63, 3.8) is 0 Å². The third-order valence-electron chi connectivity index (χ3n) is 4.24. The van der Waals surface area contributed by atoms with Crippen LogP contribution in [0.15, 0.2) is 11.6 Å². The molecule has 2 fully saturated rings. The van der Waals surface area contributed by atoms with Crippen LogP contribution in [-0.2, 0) is 9.59 Å². The van der Waals surface area contributed by atoms with Gasteiger partial charge in [0.25, 0.3) is 0 Å². The van der Waals surface area contributed by atoms with Crippen LogP contribution in [-0.4, -0.2) is 23.0 Å². The number of hydrogen-bond acceptors (Lipinski definition) is 2. The van der Waals surface area contributed by atoms with Crippen LogP contribution < -0.4 is 5.32 Å². The molecule has 0 bridgehead atoms. The number of carbonyl (C=O) groups excluding carboxylic acids is 1. The molecule has 2 aliphatic rings. The van der Waals surface area contributed by atoms with Crippen molar-refractivity contribution in [1.29, 1.82) is 0 Å². The average molecular weight is 265 g/mol. The molecule has 2 aliphatic carbocycles. The standard InChI is InChI=1S/C15H23NO3/c1-10(11-7-8-11)9-14(17)16-13-6-4-2-3-5-12(13)15(18)19/h9,11-13H,2-8H2,1H3,(H,16,17)(H,18,19)/b10-9+/t12-,13+/m0/s1. The second-order valence-corrected chi connectivity index (χ2v) is 5.86. The lowest BCUT2D eigenvalue weighted by Crippen LogP contribution is -2.42. The van der Waals surface area contributed by atoms with E-state index >= 15 is 0 Å². The van der Waals surface area contributed by atoms with Crippen LogP contribution in [0.5, 0.6) is 0 Å². The fourth-order valence-corrected chi connectivity index (χ4v) is 2.86. The smallest absolute Gasteiger partial charge is 0.308 e. The largest absolute Gasteiger partial charge is 0.481 e. The number of nitrogens with one attached hydrogen (secondary N) is 1. The summed E-state index contributed by atoms with van der Waals surface area (Å²) >= 11 is 0. The summed E-state index contributed by atoms with van der Waals surface area (Å²) in [4.78, 5) is 23.2. The van der Waals surface area contributed by atoms with Gasteiger partial charge in [0.05, 0.1) is 5.92 Å². The summed E-state index contributed by atoms with van der Waals surface area (Å²) in [6, 6.07) is -0.212. The van der Waals surface area contributed by atoms with Crippen molar-refractivity contribution in [2.24, 2.45) is 11.8 Å². The maximum atomic E-state index is 12.0. The van der Waals surface area contributed by atoms with Gasteiger partial charge < -0.3 is 10.4 Å². The van der Waals surface area contributed by atoms with E-state index in [1.807, 2.05) is 6.92 Å². The lowest BCUT2D eigenvalue weighted by molar-refractivity contribution is -0.143. The van der Waals surface area contributed by atoms with E-state index in [1.54, 1.807) is 6.08 Å². The first-order valence-electron chi connectivity index (χ1n) is 7.29. The van der Waals surface area contributed by atoms with Crippen molar-refractivity contribution in [3.05, 3.63) is 11.6 Å². The number of carbonyl (C=O) groups is 2. The third-order valence-corrected chi connectivity index (χ3v) is 4.24. The fourth-order valence-electron chi connectivity index (χ4n) is 2.86. The highest BCUT2D eigenvalue weighted by molar-refractivity contribution is 5.89. The van der Waals surface area contributed by atoms with E-state index in [0.717, 1.165) is 31.3 Å². The summed E-state index contributed by atoms with van der Waals surface area (Å²) in [6.07, 6.45) is 8.47. The number of aliphatic carboxylic acids is 1. The Balaban J connectivity index is 1.95. The Hall–Kier alpha value is -1.32. The van der Waals surface area contributed by atoms with E-state index in [2.05, 4.69) is 5.32 Å². The normalized spacial score (nSPS) is 28.6. The molecule has 1 amide bonds. The van der Waals surface area contributed by atoms with Gasteiger partial charge in [-0.15, -0.1) is 0 Å². The Bertz CT molecular complexity index is 385. The van der Waals surface area contributed by atoms with Crippen LogP contribution in [0.2, 0.25) is 0 Å². The number of amides is 1. The van der Waals surface area contributed by atoms with Crippen LogP contribution in [0.4, 0.5) is 0 Å². The summed E-state index contributed by atoms with van der Waals surface area (Å²) in [5.74, 6) is -0.756. The maximum Gasteiger partial charge on any atom is 0.308 e. The van der Waals surface area contributed by atoms with Crippen LogP contribution >= 0.6 is 0 Å². The van der Waals surface area contributed by atoms with Crippen LogP contribution in [0.1, 0.15) is 51.9 Å². The molecule has 4 nitrogen and oxygen atoms in total. The van der Waals surface area contributed by atoms with E-state index in [9.17, 15) is 14.7 Å². The van der Waals surface area contributed by atoms with E-state index in [1.165, 1.54) is 12.8 Å². The molecule has 0 heterocycles. The number of allylic oxidation sites excluding steroid dienone is 1. The van der Waals surface area contributed by atoms with Gasteiger partial charge in [-0.2, -0.15) is 0 Å². The summed E-state index contributed by atoms with van der Waals surface area (Å²) in [5.41, 5.74) is 1.12. The molecule has 19 heavy (non-hydrogen) atoms. The topological polar surface area (TPSA) is 66.4 Å². The summed E-state index contributed by atoms with van der Waals surface area (Å²) in [6.45, 7) is 1.99. The second-order valence-electron chi connectivity index (χ2n) is 5.86. The molecule has 0 aromatic rings. The minimum Gasteiger partial charge on any atom is -0.481 e. The van der Waals surface area contributed by atoms with Gasteiger partial charge in [0.15, 0.2) is 0 Å². The van der Waals surface area contributed by atoms with E-state index in [0.29, 0.717) is 12.3 Å². The van der Waals surface area contributed by atoms with Crippen molar-refractivity contribution in [2.45, 2.75) is 57.9 Å². The lowest BCUT2D eigenvalue weighted by atomic mass is 9.95. The predicted octanol–water partition coefficient (Wildman–Crippen LogP) is 2.49. The van der Waals surface area contributed by atoms with Gasteiger partial charge in [0, 0.05) is 12.1 Å². The molecule has 2 atom stereocenters. The number of rotatable bonds is 4. The highest BCUT2D eigenvalue weighted by Gasteiger charge is 2.30. The minimum atomic E-state index is -0.782. The van der Waals surface area contributed by atoms with Crippen LogP contribution in [0, 0.1) is 11.8 Å². The molecule has 0 spiro atoms. The quantitative estimate of drug-likeness (QED) is 0.606. The molecular formula is C15H23NO3. The maximum absolute atomic E-state index is 12.0. The number of carboxylic acids is 1. The van der Waals surface area contributed by atoms with E-state index in [4.69, 9.17) is 0 Å². The summed E-state index contributed by atoms with van der Waals surface area (Å²) in [7, 11) is 0. The van der Waals surface area contributed by atoms with Gasteiger partial charge in [0.1, 0.15) is 0 Å². The molecule has 0 aromatic carbocycles. The highest BCUT2D eigenvalue weighted by atomic mass is 16.4. The zero-order valence-corrected chi connectivity index (χ0v) is 11.5. The minimum absolute atomic E-state index is 0.123. The SMILES string of the molecule is C/C(=C\C(=O)N[C@@H]1CCCCC[C@@H]1C(=O)O)C1CC1. The van der Waals surface area contributed by atoms with E-state index in [-0.39, 0.29) is 11.9 Å². The monoisotopic (exact) mass is 265 g/mol. The van der Waals surface area contributed by atoms with Gasteiger partial charge in [-0.05, 0) is 38.5 Å². The fraction of sp³-hybridized carbons (Fsp3) is 0.733. The molecule has 4 heteroatoms. The Kier molecular flexibility index (Phi) is 4.61. The molecule has 106 valence electrons. The molecular weight excluding hydrogens is 242 g/mol. The van der Waals surface area contributed by atoms with Crippen molar-refractivity contribution in [3.8, 4) is 0 Å². The van der Waals surface area contributed by atoms with Crippen molar-refractivity contribution in [1.82, 2.24) is 5.32 Å². The molecule has 2 N–H and O–H groups in total. The third kappa shape index (κ3) is 4.08. The van der Waals surface area contributed by atoms with Crippen LogP contribution in [0.3, 0.4) is 0 Å². The Morgan fingerprint density at radius 1 is 1.11 bits per heavy atom. The molecule has 0 aliphatic heterocycles. The van der Waals surface area contributed by atoms with E-state index < -0.39 is 11.9 Å². The number of hydrogen-bond donors (Lipinski definition) is 2. The van der Waals surface area contributed by atoms with Gasteiger partial charge in [-0.1, -0.05) is 24.8 Å². The Labute approximate surface area is 114 Å². The molecule has 0 radical (unpaired) electrons. The van der Waals surface area contributed by atoms with Crippen molar-refractivity contribution >= 4 is 11.9 Å². The van der Waals surface area contributed by atoms with Crippen molar-refractivity contribution in [2.75, 3.05) is 0 Å². The summed E-state index contributed by atoms with van der Waals surface area (Å²) in [5, 5.41) is 12.2. The first kappa shape index (κ1) is 14.1. The molecule has 0 aromatic heterocycles. The van der Waals surface area contributed by atoms with Gasteiger partial charge in [-0.25, -0.2) is 0 Å². The van der Waals surface area contributed by atoms with Gasteiger partial charge in [0.2, 0.25) is 5.91 Å². The predicted molar refractivity (Wildman–Crippen MR) is 72.6 cm³/mol. The first-order chi connectivity index (χ1) is 9.08. The molecule has 2 rings (SSSR count). The van der Waals surface area contributed by atoms with Gasteiger partial charge >= 0.3 is 5.97 Å². The first-order valence-corrected chi connectivity index (χ1v) is 7.29. The highest BCUT2D eigenvalue weighted by Crippen LogP contribution is 2.35. The van der Waals surface area contributed by atoms with Gasteiger partial charge in [-0.3, -0.25) is 9.59 Å². The second kappa shape index (κ2) is 6.22. The Morgan fingerprint density at radius 3 is 2.42 bits per heavy atom.